The number of hydrogen-bond donors (Lipinski definition) is 0. The molecule has 0 unspecified atom stereocenters. The lowest BCUT2D eigenvalue weighted by Gasteiger charge is -2.11. The van der Waals surface area contributed by atoms with Gasteiger partial charge in [-0.1, -0.05) is 48.5 Å². The minimum Gasteiger partial charge on any atom is -0.481 e. The summed E-state index contributed by atoms with van der Waals surface area (Å²) >= 11 is 3.40. The molecule has 0 aliphatic carbocycles. The van der Waals surface area contributed by atoms with Gasteiger partial charge in [0.05, 0.1) is 26.5 Å². The number of ether oxygens (including phenoxy) is 3. The molecule has 0 radical (unpaired) electrons. The molecule has 11 heteroatoms. The molecule has 0 saturated carbocycles. The van der Waals surface area contributed by atoms with Crippen LogP contribution in [0.5, 0.6) is 17.2 Å². The summed E-state index contributed by atoms with van der Waals surface area (Å²) < 4.78 is 18.1. The van der Waals surface area contributed by atoms with Crippen molar-refractivity contribution in [3.05, 3.63) is 121 Å². The molecule has 0 atom stereocenters. The van der Waals surface area contributed by atoms with Crippen LogP contribution in [0.1, 0.15) is 11.1 Å². The molecule has 5 aromatic rings. The van der Waals surface area contributed by atoms with Crippen molar-refractivity contribution < 1.29 is 19.1 Å². The Kier molecular flexibility index (Phi) is 6.71. The van der Waals surface area contributed by atoms with Gasteiger partial charge in [0.15, 0.2) is 17.3 Å². The zero-order valence-electron chi connectivity index (χ0n) is 20.7. The van der Waals surface area contributed by atoms with E-state index < -0.39 is 4.92 Å². The smallest absolute Gasteiger partial charge is 0.312 e. The summed E-state index contributed by atoms with van der Waals surface area (Å²) in [5.41, 5.74) is 1.75. The zero-order valence-corrected chi connectivity index (χ0v) is 22.3. The first-order valence-corrected chi connectivity index (χ1v) is 12.9. The second-order valence-electron chi connectivity index (χ2n) is 8.76. The van der Waals surface area contributed by atoms with Crippen LogP contribution in [0.2, 0.25) is 0 Å². The monoisotopic (exact) mass is 598 g/mol. The largest absolute Gasteiger partial charge is 0.481 e. The number of nitro benzene ring substituents is 1. The fourth-order valence-electron chi connectivity index (χ4n) is 4.27. The summed E-state index contributed by atoms with van der Waals surface area (Å²) in [5, 5.41) is 16.8. The highest BCUT2D eigenvalue weighted by Crippen LogP contribution is 2.38. The lowest BCUT2D eigenvalue weighted by atomic mass is 10.2. The second kappa shape index (κ2) is 10.6. The Balaban J connectivity index is 1.35. The van der Waals surface area contributed by atoms with Crippen molar-refractivity contribution in [1.82, 2.24) is 9.66 Å². The highest BCUT2D eigenvalue weighted by Gasteiger charge is 2.21. The SMILES string of the molecule is O=c1c2ccccc2nc(-c2ccccc2)n1N=Cc1cc(Br)c(OCc2ccc3c(c2)OCO3)c([N+](=O)[O-])c1. The predicted molar refractivity (Wildman–Crippen MR) is 152 cm³/mol. The van der Waals surface area contributed by atoms with Gasteiger partial charge >= 0.3 is 5.69 Å². The first-order valence-electron chi connectivity index (χ1n) is 12.1. The third kappa shape index (κ3) is 4.90. The Labute approximate surface area is 235 Å². The molecule has 4 aromatic carbocycles. The van der Waals surface area contributed by atoms with E-state index >= 15 is 0 Å². The molecule has 0 N–H and O–H groups in total. The van der Waals surface area contributed by atoms with Gasteiger partial charge in [-0.05, 0) is 51.8 Å². The summed E-state index contributed by atoms with van der Waals surface area (Å²) in [6.45, 7) is 0.218. The van der Waals surface area contributed by atoms with Crippen LogP contribution >= 0.6 is 15.9 Å². The van der Waals surface area contributed by atoms with Gasteiger partial charge in [0.1, 0.15) is 6.61 Å². The Morgan fingerprint density at radius 2 is 1.80 bits per heavy atom. The lowest BCUT2D eigenvalue weighted by molar-refractivity contribution is -0.386. The minimum absolute atomic E-state index is 0.0642. The van der Waals surface area contributed by atoms with Crippen molar-refractivity contribution in [2.24, 2.45) is 5.10 Å². The van der Waals surface area contributed by atoms with E-state index in [1.807, 2.05) is 36.4 Å². The number of hydrogen-bond acceptors (Lipinski definition) is 8. The molecule has 10 nitrogen and oxygen atoms in total. The highest BCUT2D eigenvalue weighted by molar-refractivity contribution is 9.10. The molecule has 0 spiro atoms. The molecular weight excluding hydrogens is 580 g/mol. The zero-order chi connectivity index (χ0) is 27.6. The second-order valence-corrected chi connectivity index (χ2v) is 9.62. The van der Waals surface area contributed by atoms with Gasteiger partial charge in [0, 0.05) is 17.2 Å². The van der Waals surface area contributed by atoms with Crippen molar-refractivity contribution in [2.45, 2.75) is 6.61 Å². The van der Waals surface area contributed by atoms with Crippen LogP contribution in [-0.4, -0.2) is 27.6 Å². The third-order valence-electron chi connectivity index (χ3n) is 6.17. The number of nitrogens with zero attached hydrogens (tertiary/aromatic N) is 4. The molecule has 0 fully saturated rings. The summed E-state index contributed by atoms with van der Waals surface area (Å²) in [5.74, 6) is 1.64. The molecule has 0 saturated heterocycles. The van der Waals surface area contributed by atoms with Crippen molar-refractivity contribution in [1.29, 1.82) is 0 Å². The van der Waals surface area contributed by atoms with Crippen LogP contribution in [0.3, 0.4) is 0 Å². The maximum atomic E-state index is 13.4. The summed E-state index contributed by atoms with van der Waals surface area (Å²) in [7, 11) is 0. The minimum atomic E-state index is -0.532. The number of fused-ring (bicyclic) bond motifs is 2. The van der Waals surface area contributed by atoms with E-state index in [0.717, 1.165) is 5.56 Å². The van der Waals surface area contributed by atoms with Crippen LogP contribution in [0, 0.1) is 10.1 Å². The molecule has 1 aliphatic heterocycles. The fraction of sp³-hybridized carbons (Fsp3) is 0.0690. The van der Waals surface area contributed by atoms with Crippen LogP contribution in [0.15, 0.2) is 99.3 Å². The van der Waals surface area contributed by atoms with Gasteiger partial charge in [-0.25, -0.2) is 4.98 Å². The van der Waals surface area contributed by atoms with E-state index in [1.54, 1.807) is 42.5 Å². The lowest BCUT2D eigenvalue weighted by Crippen LogP contribution is -2.20. The van der Waals surface area contributed by atoms with E-state index in [1.165, 1.54) is 17.0 Å². The maximum absolute atomic E-state index is 13.4. The summed E-state index contributed by atoms with van der Waals surface area (Å²) in [4.78, 5) is 29.5. The van der Waals surface area contributed by atoms with E-state index in [2.05, 4.69) is 26.0 Å². The molecule has 0 amide bonds. The molecule has 1 aromatic heterocycles. The normalized spacial score (nSPS) is 12.2. The molecule has 40 heavy (non-hydrogen) atoms. The summed E-state index contributed by atoms with van der Waals surface area (Å²) in [6, 6.07) is 24.5. The average molecular weight is 599 g/mol. The molecular formula is C29H19BrN4O6. The van der Waals surface area contributed by atoms with E-state index in [4.69, 9.17) is 14.2 Å². The number of rotatable bonds is 7. The van der Waals surface area contributed by atoms with Crippen molar-refractivity contribution in [3.63, 3.8) is 0 Å². The van der Waals surface area contributed by atoms with Crippen LogP contribution in [-0.2, 0) is 6.61 Å². The Morgan fingerprint density at radius 1 is 1.02 bits per heavy atom. The number of aromatic nitrogens is 2. The van der Waals surface area contributed by atoms with Gasteiger partial charge in [-0.15, -0.1) is 0 Å². The first kappa shape index (κ1) is 25.3. The molecule has 2 heterocycles. The number of para-hydroxylation sites is 1. The first-order chi connectivity index (χ1) is 19.5. The van der Waals surface area contributed by atoms with Crippen LogP contribution in [0.25, 0.3) is 22.3 Å². The number of halogens is 1. The molecule has 0 bridgehead atoms. The molecule has 198 valence electrons. The number of nitro groups is 1. The Morgan fingerprint density at radius 3 is 2.62 bits per heavy atom. The van der Waals surface area contributed by atoms with Gasteiger partial charge in [-0.3, -0.25) is 14.9 Å². The van der Waals surface area contributed by atoms with Crippen LogP contribution in [0.4, 0.5) is 5.69 Å². The average Bonchev–Trinajstić information content (AvgIpc) is 3.44. The van der Waals surface area contributed by atoms with Crippen molar-refractivity contribution in [3.8, 4) is 28.6 Å². The summed E-state index contributed by atoms with van der Waals surface area (Å²) in [6.07, 6.45) is 1.38. The van der Waals surface area contributed by atoms with E-state index in [-0.39, 0.29) is 30.4 Å². The number of benzene rings is 4. The quantitative estimate of drug-likeness (QED) is 0.129. The van der Waals surface area contributed by atoms with Gasteiger partial charge in [-0.2, -0.15) is 9.78 Å². The maximum Gasteiger partial charge on any atom is 0.312 e. The van der Waals surface area contributed by atoms with Crippen LogP contribution < -0.4 is 19.8 Å². The third-order valence-corrected chi connectivity index (χ3v) is 6.76. The molecule has 6 rings (SSSR count). The van der Waals surface area contributed by atoms with E-state index in [0.29, 0.717) is 43.8 Å². The fourth-order valence-corrected chi connectivity index (χ4v) is 4.85. The van der Waals surface area contributed by atoms with Gasteiger partial charge in [0.25, 0.3) is 5.56 Å². The van der Waals surface area contributed by atoms with E-state index in [9.17, 15) is 14.9 Å². The Hall–Kier alpha value is -5.03. The van der Waals surface area contributed by atoms with Crippen molar-refractivity contribution >= 4 is 38.7 Å². The standard InChI is InChI=1S/C29H19BrN4O6/c30-22-12-19(13-24(34(36)37)27(22)38-16-18-10-11-25-26(14-18)40-17-39-25)15-31-33-28(20-6-2-1-3-7-20)32-23-9-5-4-8-21(23)29(33)35/h1-15H,16-17H2. The predicted octanol–water partition coefficient (Wildman–Crippen LogP) is 5.92. The molecule has 1 aliphatic rings. The van der Waals surface area contributed by atoms with Gasteiger partial charge in [0.2, 0.25) is 12.5 Å². The Bertz CT molecular complexity index is 1860. The topological polar surface area (TPSA) is 118 Å². The van der Waals surface area contributed by atoms with Gasteiger partial charge < -0.3 is 14.2 Å². The van der Waals surface area contributed by atoms with Crippen molar-refractivity contribution in [2.75, 3.05) is 6.79 Å². The highest BCUT2D eigenvalue weighted by atomic mass is 79.9.